The van der Waals surface area contributed by atoms with Gasteiger partial charge >= 0.3 is 5.97 Å². The summed E-state index contributed by atoms with van der Waals surface area (Å²) in [5.74, 6) is 0.788. The normalized spacial score (nSPS) is 14.1. The van der Waals surface area contributed by atoms with Crippen molar-refractivity contribution in [2.24, 2.45) is 0 Å². The Bertz CT molecular complexity index is 680. The Labute approximate surface area is 128 Å². The maximum absolute atomic E-state index is 11.3. The molecular weight excluding hydrogens is 282 g/mol. The number of carbonyl (C=O) groups is 1. The monoisotopic (exact) mass is 299 g/mol. The largest absolute Gasteiger partial charge is 0.497 e. The Hall–Kier alpha value is -2.63. The second-order valence-electron chi connectivity index (χ2n) is 5.16. The summed E-state index contributed by atoms with van der Waals surface area (Å²) in [6, 6.07) is 8.81. The van der Waals surface area contributed by atoms with E-state index in [0.29, 0.717) is 11.6 Å². The van der Waals surface area contributed by atoms with E-state index in [4.69, 9.17) is 4.74 Å². The molecule has 1 saturated heterocycles. The topological polar surface area (TPSA) is 75.6 Å². The van der Waals surface area contributed by atoms with Gasteiger partial charge in [-0.2, -0.15) is 0 Å². The van der Waals surface area contributed by atoms with Crippen LogP contribution in [0.15, 0.2) is 30.3 Å². The van der Waals surface area contributed by atoms with E-state index in [1.165, 1.54) is 0 Å². The van der Waals surface area contributed by atoms with Crippen molar-refractivity contribution in [2.75, 3.05) is 25.1 Å². The standard InChI is InChI=1S/C16H17N3O3/c1-22-12-6-4-11(5-7-12)15-17-13(16(20)21)10-14(18-15)19-8-2-3-9-19/h4-7,10H,2-3,8-9H2,1H3,(H,20,21). The fourth-order valence-corrected chi connectivity index (χ4v) is 2.52. The molecule has 2 heterocycles. The Morgan fingerprint density at radius 1 is 1.18 bits per heavy atom. The highest BCUT2D eigenvalue weighted by molar-refractivity contribution is 5.87. The van der Waals surface area contributed by atoms with Gasteiger partial charge < -0.3 is 14.7 Å². The van der Waals surface area contributed by atoms with E-state index in [-0.39, 0.29) is 5.69 Å². The molecule has 3 rings (SSSR count). The molecule has 6 nitrogen and oxygen atoms in total. The lowest BCUT2D eigenvalue weighted by atomic mass is 10.2. The number of aromatic nitrogens is 2. The molecule has 1 aromatic heterocycles. The number of hydrogen-bond donors (Lipinski definition) is 1. The maximum Gasteiger partial charge on any atom is 0.354 e. The minimum absolute atomic E-state index is 0.0164. The van der Waals surface area contributed by atoms with Gasteiger partial charge in [0, 0.05) is 24.7 Å². The smallest absolute Gasteiger partial charge is 0.354 e. The number of rotatable bonds is 4. The number of anilines is 1. The molecule has 0 saturated carbocycles. The molecule has 0 unspecified atom stereocenters. The molecule has 2 aromatic rings. The first-order valence-electron chi connectivity index (χ1n) is 7.19. The number of carboxylic acids is 1. The van der Waals surface area contributed by atoms with E-state index in [0.717, 1.165) is 37.2 Å². The molecular formula is C16H17N3O3. The van der Waals surface area contributed by atoms with Gasteiger partial charge in [0.05, 0.1) is 7.11 Å². The highest BCUT2D eigenvalue weighted by Crippen LogP contribution is 2.24. The van der Waals surface area contributed by atoms with E-state index in [9.17, 15) is 9.90 Å². The fraction of sp³-hybridized carbons (Fsp3) is 0.312. The van der Waals surface area contributed by atoms with Gasteiger partial charge in [-0.15, -0.1) is 0 Å². The maximum atomic E-state index is 11.3. The van der Waals surface area contributed by atoms with Crippen LogP contribution in [0.5, 0.6) is 5.75 Å². The summed E-state index contributed by atoms with van der Waals surface area (Å²) in [4.78, 5) is 22.1. The first kappa shape index (κ1) is 14.3. The van der Waals surface area contributed by atoms with Crippen LogP contribution in [-0.2, 0) is 0 Å². The van der Waals surface area contributed by atoms with Crippen LogP contribution >= 0.6 is 0 Å². The highest BCUT2D eigenvalue weighted by Gasteiger charge is 2.18. The quantitative estimate of drug-likeness (QED) is 0.934. The molecule has 1 fully saturated rings. The van der Waals surface area contributed by atoms with Crippen molar-refractivity contribution in [3.63, 3.8) is 0 Å². The van der Waals surface area contributed by atoms with Gasteiger partial charge in [0.2, 0.25) is 0 Å². The van der Waals surface area contributed by atoms with E-state index in [1.54, 1.807) is 13.2 Å². The van der Waals surface area contributed by atoms with Crippen LogP contribution in [0.2, 0.25) is 0 Å². The second-order valence-corrected chi connectivity index (χ2v) is 5.16. The molecule has 1 aliphatic heterocycles. The third-order valence-corrected chi connectivity index (χ3v) is 3.71. The summed E-state index contributed by atoms with van der Waals surface area (Å²) >= 11 is 0. The summed E-state index contributed by atoms with van der Waals surface area (Å²) in [5.41, 5.74) is 0.784. The van der Waals surface area contributed by atoms with E-state index in [2.05, 4.69) is 14.9 Å². The Kier molecular flexibility index (Phi) is 3.91. The lowest BCUT2D eigenvalue weighted by molar-refractivity contribution is 0.0690. The van der Waals surface area contributed by atoms with Gasteiger partial charge in [0.25, 0.3) is 0 Å². The molecule has 22 heavy (non-hydrogen) atoms. The van der Waals surface area contributed by atoms with Gasteiger partial charge in [-0.05, 0) is 37.1 Å². The van der Waals surface area contributed by atoms with Crippen LogP contribution in [0, 0.1) is 0 Å². The number of aromatic carboxylic acids is 1. The molecule has 0 atom stereocenters. The lowest BCUT2D eigenvalue weighted by Gasteiger charge is -2.17. The van der Waals surface area contributed by atoms with Crippen LogP contribution in [0.3, 0.4) is 0 Å². The minimum atomic E-state index is -1.04. The number of nitrogens with zero attached hydrogens (tertiary/aromatic N) is 3. The van der Waals surface area contributed by atoms with Gasteiger partial charge in [-0.3, -0.25) is 0 Å². The molecule has 114 valence electrons. The fourth-order valence-electron chi connectivity index (χ4n) is 2.52. The average Bonchev–Trinajstić information content (AvgIpc) is 3.09. The van der Waals surface area contributed by atoms with Crippen LogP contribution in [0.25, 0.3) is 11.4 Å². The summed E-state index contributed by atoms with van der Waals surface area (Å²) in [6.07, 6.45) is 2.20. The number of ether oxygens (including phenoxy) is 1. The number of methoxy groups -OCH3 is 1. The third-order valence-electron chi connectivity index (χ3n) is 3.71. The van der Waals surface area contributed by atoms with Crippen molar-refractivity contribution in [3.8, 4) is 17.1 Å². The zero-order valence-electron chi connectivity index (χ0n) is 12.3. The molecule has 0 aliphatic carbocycles. The molecule has 0 radical (unpaired) electrons. The molecule has 0 bridgehead atoms. The molecule has 1 aliphatic rings. The number of carboxylic acid groups (broad SMARTS) is 1. The van der Waals surface area contributed by atoms with Crippen LogP contribution in [0.4, 0.5) is 5.82 Å². The zero-order valence-corrected chi connectivity index (χ0v) is 12.3. The highest BCUT2D eigenvalue weighted by atomic mass is 16.5. The summed E-state index contributed by atoms with van der Waals surface area (Å²) in [7, 11) is 1.60. The summed E-state index contributed by atoms with van der Waals surface area (Å²) in [5, 5.41) is 9.28. The Morgan fingerprint density at radius 2 is 1.86 bits per heavy atom. The van der Waals surface area contributed by atoms with Crippen LogP contribution in [0.1, 0.15) is 23.3 Å². The van der Waals surface area contributed by atoms with Crippen molar-refractivity contribution < 1.29 is 14.6 Å². The van der Waals surface area contributed by atoms with E-state index in [1.807, 2.05) is 24.3 Å². The zero-order chi connectivity index (χ0) is 15.5. The van der Waals surface area contributed by atoms with E-state index < -0.39 is 5.97 Å². The average molecular weight is 299 g/mol. The van der Waals surface area contributed by atoms with Crippen LogP contribution < -0.4 is 9.64 Å². The van der Waals surface area contributed by atoms with Crippen molar-refractivity contribution in [1.82, 2.24) is 9.97 Å². The summed E-state index contributed by atoms with van der Waals surface area (Å²) < 4.78 is 5.13. The Morgan fingerprint density at radius 3 is 2.45 bits per heavy atom. The SMILES string of the molecule is COc1ccc(-c2nc(C(=O)O)cc(N3CCCC3)n2)cc1. The molecule has 0 amide bonds. The Balaban J connectivity index is 2.02. The van der Waals surface area contributed by atoms with Gasteiger partial charge in [0.15, 0.2) is 11.5 Å². The first-order valence-corrected chi connectivity index (χ1v) is 7.19. The predicted molar refractivity (Wildman–Crippen MR) is 82.4 cm³/mol. The number of benzene rings is 1. The van der Waals surface area contributed by atoms with E-state index >= 15 is 0 Å². The van der Waals surface area contributed by atoms with Crippen LogP contribution in [-0.4, -0.2) is 41.2 Å². The lowest BCUT2D eigenvalue weighted by Crippen LogP contribution is -2.20. The summed E-state index contributed by atoms with van der Waals surface area (Å²) in [6.45, 7) is 1.80. The molecule has 1 aromatic carbocycles. The van der Waals surface area contributed by atoms with Gasteiger partial charge in [-0.1, -0.05) is 0 Å². The second kappa shape index (κ2) is 6.01. The first-order chi connectivity index (χ1) is 10.7. The van der Waals surface area contributed by atoms with Crippen molar-refractivity contribution in [1.29, 1.82) is 0 Å². The molecule has 6 heteroatoms. The third kappa shape index (κ3) is 2.86. The molecule has 0 spiro atoms. The van der Waals surface area contributed by atoms with Crippen molar-refractivity contribution >= 4 is 11.8 Å². The van der Waals surface area contributed by atoms with Gasteiger partial charge in [-0.25, -0.2) is 14.8 Å². The van der Waals surface area contributed by atoms with Crippen molar-refractivity contribution in [2.45, 2.75) is 12.8 Å². The van der Waals surface area contributed by atoms with Gasteiger partial charge in [0.1, 0.15) is 11.6 Å². The van der Waals surface area contributed by atoms with Crippen molar-refractivity contribution in [3.05, 3.63) is 36.0 Å². The molecule has 1 N–H and O–H groups in total. The number of hydrogen-bond acceptors (Lipinski definition) is 5. The predicted octanol–water partition coefficient (Wildman–Crippen LogP) is 2.45. The minimum Gasteiger partial charge on any atom is -0.497 e.